The van der Waals surface area contributed by atoms with Crippen molar-refractivity contribution in [3.05, 3.63) is 74.8 Å². The van der Waals surface area contributed by atoms with Gasteiger partial charge in [-0.15, -0.1) is 0 Å². The molecule has 1 aliphatic rings. The van der Waals surface area contributed by atoms with Gasteiger partial charge in [0, 0.05) is 43.7 Å². The average Bonchev–Trinajstić information content (AvgIpc) is 2.73. The number of para-hydroxylation sites is 1. The van der Waals surface area contributed by atoms with E-state index in [1.165, 1.54) is 18.2 Å². The van der Waals surface area contributed by atoms with Gasteiger partial charge in [-0.3, -0.25) is 14.9 Å². The van der Waals surface area contributed by atoms with E-state index < -0.39 is 4.92 Å². The SMILES string of the molecule is Cc1cc(N2CCN(C(=O)c3cc([N+](=O)[O-])ccc3Cl)CC2)nc2ccccc12. The number of carbonyl (C=O) groups excluding carboxylic acids is 1. The Labute approximate surface area is 172 Å². The largest absolute Gasteiger partial charge is 0.353 e. The number of non-ortho nitro benzene ring substituents is 1. The van der Waals surface area contributed by atoms with Gasteiger partial charge in [-0.1, -0.05) is 29.8 Å². The second-order valence-electron chi connectivity index (χ2n) is 7.02. The molecule has 3 aromatic rings. The zero-order valence-electron chi connectivity index (χ0n) is 15.8. The quantitative estimate of drug-likeness (QED) is 0.480. The van der Waals surface area contributed by atoms with Crippen LogP contribution in [0.4, 0.5) is 11.5 Å². The monoisotopic (exact) mass is 410 g/mol. The van der Waals surface area contributed by atoms with Crippen molar-refractivity contribution in [2.45, 2.75) is 6.92 Å². The molecule has 0 spiro atoms. The average molecular weight is 411 g/mol. The molecule has 0 unspecified atom stereocenters. The lowest BCUT2D eigenvalue weighted by Gasteiger charge is -2.35. The van der Waals surface area contributed by atoms with Gasteiger partial charge in [-0.25, -0.2) is 4.98 Å². The van der Waals surface area contributed by atoms with Crippen LogP contribution in [0.2, 0.25) is 5.02 Å². The van der Waals surface area contributed by atoms with E-state index >= 15 is 0 Å². The molecular formula is C21H19ClN4O3. The fraction of sp³-hybridized carbons (Fsp3) is 0.238. The van der Waals surface area contributed by atoms with Crippen LogP contribution in [0.25, 0.3) is 10.9 Å². The highest BCUT2D eigenvalue weighted by Crippen LogP contribution is 2.26. The summed E-state index contributed by atoms with van der Waals surface area (Å²) in [4.78, 5) is 31.9. The first-order valence-electron chi connectivity index (χ1n) is 9.28. The van der Waals surface area contributed by atoms with Gasteiger partial charge < -0.3 is 9.80 Å². The van der Waals surface area contributed by atoms with E-state index in [1.807, 2.05) is 18.2 Å². The number of fused-ring (bicyclic) bond motifs is 1. The maximum atomic E-state index is 12.9. The Kier molecular flexibility index (Phi) is 5.07. The number of nitrogens with zero attached hydrogens (tertiary/aromatic N) is 4. The number of aromatic nitrogens is 1. The van der Waals surface area contributed by atoms with Crippen LogP contribution in [0.1, 0.15) is 15.9 Å². The van der Waals surface area contributed by atoms with Gasteiger partial charge in [-0.05, 0) is 30.7 Å². The van der Waals surface area contributed by atoms with E-state index in [9.17, 15) is 14.9 Å². The maximum Gasteiger partial charge on any atom is 0.270 e. The fourth-order valence-corrected chi connectivity index (χ4v) is 3.79. The lowest BCUT2D eigenvalue weighted by atomic mass is 10.1. The second kappa shape index (κ2) is 7.67. The van der Waals surface area contributed by atoms with Crippen molar-refractivity contribution in [1.82, 2.24) is 9.88 Å². The van der Waals surface area contributed by atoms with Crippen LogP contribution in [0.3, 0.4) is 0 Å². The number of nitro groups is 1. The summed E-state index contributed by atoms with van der Waals surface area (Å²) >= 11 is 6.12. The topological polar surface area (TPSA) is 79.6 Å². The van der Waals surface area contributed by atoms with E-state index in [-0.39, 0.29) is 22.2 Å². The molecule has 0 bridgehead atoms. The minimum Gasteiger partial charge on any atom is -0.353 e. The first-order chi connectivity index (χ1) is 13.9. The highest BCUT2D eigenvalue weighted by Gasteiger charge is 2.26. The van der Waals surface area contributed by atoms with Crippen molar-refractivity contribution < 1.29 is 9.72 Å². The van der Waals surface area contributed by atoms with Gasteiger partial charge in [0.05, 0.1) is 21.0 Å². The van der Waals surface area contributed by atoms with Gasteiger partial charge in [-0.2, -0.15) is 0 Å². The summed E-state index contributed by atoms with van der Waals surface area (Å²) in [5.74, 6) is 0.600. The molecule has 1 aliphatic heterocycles. The molecule has 1 saturated heterocycles. The minimum atomic E-state index is -0.529. The molecule has 0 saturated carbocycles. The zero-order chi connectivity index (χ0) is 20.5. The van der Waals surface area contributed by atoms with Gasteiger partial charge in [0.2, 0.25) is 0 Å². The Morgan fingerprint density at radius 1 is 1.10 bits per heavy atom. The summed E-state index contributed by atoms with van der Waals surface area (Å²) in [5.41, 5.74) is 2.12. The lowest BCUT2D eigenvalue weighted by molar-refractivity contribution is -0.384. The number of halogens is 1. The van der Waals surface area contributed by atoms with Crippen molar-refractivity contribution in [1.29, 1.82) is 0 Å². The first kappa shape index (κ1) is 19.1. The number of aryl methyl sites for hydroxylation is 1. The number of carbonyl (C=O) groups is 1. The Bertz CT molecular complexity index is 1110. The van der Waals surface area contributed by atoms with Crippen LogP contribution in [0, 0.1) is 17.0 Å². The maximum absolute atomic E-state index is 12.9. The number of hydrogen-bond acceptors (Lipinski definition) is 5. The summed E-state index contributed by atoms with van der Waals surface area (Å²) in [6.45, 7) is 4.31. The Balaban J connectivity index is 1.51. The molecule has 148 valence electrons. The standard InChI is InChI=1S/C21H19ClN4O3/c1-14-12-20(23-19-5-3-2-4-16(14)19)24-8-10-25(11-9-24)21(27)17-13-15(26(28)29)6-7-18(17)22/h2-7,12-13H,8-11H2,1H3. The third-order valence-electron chi connectivity index (χ3n) is 5.19. The van der Waals surface area contributed by atoms with E-state index in [0.717, 1.165) is 22.3 Å². The third kappa shape index (κ3) is 3.73. The summed E-state index contributed by atoms with van der Waals surface area (Å²) < 4.78 is 0. The summed E-state index contributed by atoms with van der Waals surface area (Å²) in [7, 11) is 0. The summed E-state index contributed by atoms with van der Waals surface area (Å²) in [5, 5.41) is 12.4. The van der Waals surface area contributed by atoms with Crippen LogP contribution in [-0.2, 0) is 0 Å². The molecule has 1 fully saturated rings. The normalized spacial score (nSPS) is 14.3. The number of rotatable bonds is 3. The van der Waals surface area contributed by atoms with Crippen molar-refractivity contribution in [2.24, 2.45) is 0 Å². The van der Waals surface area contributed by atoms with Crippen LogP contribution >= 0.6 is 11.6 Å². The van der Waals surface area contributed by atoms with Gasteiger partial charge in [0.15, 0.2) is 0 Å². The van der Waals surface area contributed by atoms with E-state index in [0.29, 0.717) is 26.2 Å². The smallest absolute Gasteiger partial charge is 0.270 e. The van der Waals surface area contributed by atoms with Crippen LogP contribution in [0.5, 0.6) is 0 Å². The van der Waals surface area contributed by atoms with Crippen molar-refractivity contribution in [3.8, 4) is 0 Å². The number of piperazine rings is 1. The van der Waals surface area contributed by atoms with Crippen LogP contribution in [-0.4, -0.2) is 46.9 Å². The summed E-state index contributed by atoms with van der Waals surface area (Å²) in [6.07, 6.45) is 0. The number of amides is 1. The highest BCUT2D eigenvalue weighted by atomic mass is 35.5. The van der Waals surface area contributed by atoms with Crippen molar-refractivity contribution in [2.75, 3.05) is 31.1 Å². The number of pyridine rings is 1. The zero-order valence-corrected chi connectivity index (χ0v) is 16.6. The molecule has 2 heterocycles. The molecule has 1 amide bonds. The Morgan fingerprint density at radius 3 is 2.55 bits per heavy atom. The molecule has 2 aromatic carbocycles. The molecule has 0 aliphatic carbocycles. The number of benzene rings is 2. The van der Waals surface area contributed by atoms with Crippen LogP contribution < -0.4 is 4.90 Å². The minimum absolute atomic E-state index is 0.146. The van der Waals surface area contributed by atoms with Gasteiger partial charge in [0.25, 0.3) is 11.6 Å². The number of nitro benzene ring substituents is 1. The molecule has 1 aromatic heterocycles. The Morgan fingerprint density at radius 2 is 1.83 bits per heavy atom. The number of anilines is 1. The first-order valence-corrected chi connectivity index (χ1v) is 9.66. The summed E-state index contributed by atoms with van der Waals surface area (Å²) in [6, 6.07) is 14.0. The molecule has 4 rings (SSSR count). The predicted molar refractivity (Wildman–Crippen MR) is 113 cm³/mol. The lowest BCUT2D eigenvalue weighted by Crippen LogP contribution is -2.49. The van der Waals surface area contributed by atoms with E-state index in [2.05, 4.69) is 24.0 Å². The molecule has 0 atom stereocenters. The van der Waals surface area contributed by atoms with Crippen LogP contribution in [0.15, 0.2) is 48.5 Å². The second-order valence-corrected chi connectivity index (χ2v) is 7.42. The van der Waals surface area contributed by atoms with Gasteiger partial charge >= 0.3 is 0 Å². The highest BCUT2D eigenvalue weighted by molar-refractivity contribution is 6.33. The Hall–Kier alpha value is -3.19. The van der Waals surface area contributed by atoms with E-state index in [1.54, 1.807) is 4.90 Å². The molecule has 0 N–H and O–H groups in total. The predicted octanol–water partition coefficient (Wildman–Crippen LogP) is 4.07. The third-order valence-corrected chi connectivity index (χ3v) is 5.52. The van der Waals surface area contributed by atoms with E-state index in [4.69, 9.17) is 16.6 Å². The molecular weight excluding hydrogens is 392 g/mol. The van der Waals surface area contributed by atoms with Gasteiger partial charge in [0.1, 0.15) is 5.82 Å². The molecule has 7 nitrogen and oxygen atoms in total. The fourth-order valence-electron chi connectivity index (χ4n) is 3.59. The van der Waals surface area contributed by atoms with Crippen molar-refractivity contribution in [3.63, 3.8) is 0 Å². The van der Waals surface area contributed by atoms with Crippen molar-refractivity contribution >= 4 is 39.9 Å². The molecule has 8 heteroatoms. The molecule has 29 heavy (non-hydrogen) atoms. The molecule has 0 radical (unpaired) electrons. The number of hydrogen-bond donors (Lipinski definition) is 0.